The summed E-state index contributed by atoms with van der Waals surface area (Å²) in [5.74, 6) is 0.648. The molecule has 126 valence electrons. The Kier molecular flexibility index (Phi) is 3.93. The molecule has 6 heteroatoms. The molecule has 4 rings (SSSR count). The Bertz CT molecular complexity index is 914. The summed E-state index contributed by atoms with van der Waals surface area (Å²) in [5.41, 5.74) is 3.46. The van der Waals surface area contributed by atoms with Crippen LogP contribution in [-0.2, 0) is 11.2 Å². The zero-order chi connectivity index (χ0) is 17.2. The number of carbonyl (C=O) groups is 2. The quantitative estimate of drug-likeness (QED) is 0.668. The summed E-state index contributed by atoms with van der Waals surface area (Å²) < 4.78 is 0. The SMILES string of the molecule is O=C(CC1NC(=O)c2ccccc21)NCCc1nc2ccccc2[nH]1. The van der Waals surface area contributed by atoms with Gasteiger partial charge in [0.05, 0.1) is 23.5 Å². The number of H-pyrrole nitrogens is 1. The van der Waals surface area contributed by atoms with E-state index in [2.05, 4.69) is 20.6 Å². The van der Waals surface area contributed by atoms with Crippen LogP contribution in [0.25, 0.3) is 11.0 Å². The van der Waals surface area contributed by atoms with Crippen molar-refractivity contribution < 1.29 is 9.59 Å². The Labute approximate surface area is 144 Å². The fraction of sp³-hybridized carbons (Fsp3) is 0.211. The third kappa shape index (κ3) is 3.10. The number of nitrogens with one attached hydrogen (secondary N) is 3. The Hall–Kier alpha value is -3.15. The van der Waals surface area contributed by atoms with E-state index in [1.54, 1.807) is 6.07 Å². The highest BCUT2D eigenvalue weighted by molar-refractivity contribution is 5.99. The van der Waals surface area contributed by atoms with Crippen LogP contribution >= 0.6 is 0 Å². The van der Waals surface area contributed by atoms with E-state index in [4.69, 9.17) is 0 Å². The van der Waals surface area contributed by atoms with Crippen molar-refractivity contribution in [3.05, 3.63) is 65.5 Å². The molecule has 0 saturated carbocycles. The van der Waals surface area contributed by atoms with Gasteiger partial charge in [0.2, 0.25) is 5.91 Å². The molecule has 2 aromatic carbocycles. The molecule has 0 spiro atoms. The number of aromatic amines is 1. The van der Waals surface area contributed by atoms with Crippen molar-refractivity contribution in [3.63, 3.8) is 0 Å². The minimum Gasteiger partial charge on any atom is -0.356 e. The van der Waals surface area contributed by atoms with Gasteiger partial charge in [0.1, 0.15) is 5.82 Å². The number of fused-ring (bicyclic) bond motifs is 2. The third-order valence-corrected chi connectivity index (χ3v) is 4.40. The summed E-state index contributed by atoms with van der Waals surface area (Å²) in [5, 5.41) is 5.76. The Morgan fingerprint density at radius 3 is 2.80 bits per heavy atom. The van der Waals surface area contributed by atoms with Gasteiger partial charge in [-0.2, -0.15) is 0 Å². The highest BCUT2D eigenvalue weighted by Gasteiger charge is 2.29. The number of aromatic nitrogens is 2. The van der Waals surface area contributed by atoms with Crippen LogP contribution in [0.15, 0.2) is 48.5 Å². The van der Waals surface area contributed by atoms with E-state index >= 15 is 0 Å². The van der Waals surface area contributed by atoms with Gasteiger partial charge in [-0.05, 0) is 23.8 Å². The second kappa shape index (κ2) is 6.39. The van der Waals surface area contributed by atoms with Crippen LogP contribution in [0.1, 0.15) is 34.2 Å². The molecule has 0 saturated heterocycles. The van der Waals surface area contributed by atoms with Crippen LogP contribution < -0.4 is 10.6 Å². The zero-order valence-corrected chi connectivity index (χ0v) is 13.6. The van der Waals surface area contributed by atoms with Gasteiger partial charge >= 0.3 is 0 Å². The van der Waals surface area contributed by atoms with E-state index in [1.807, 2.05) is 42.5 Å². The van der Waals surface area contributed by atoms with Gasteiger partial charge in [-0.1, -0.05) is 30.3 Å². The van der Waals surface area contributed by atoms with E-state index in [0.29, 0.717) is 18.5 Å². The number of para-hydroxylation sites is 2. The van der Waals surface area contributed by atoms with Gasteiger partial charge in [-0.25, -0.2) is 4.98 Å². The first-order valence-corrected chi connectivity index (χ1v) is 8.31. The van der Waals surface area contributed by atoms with Gasteiger partial charge in [0.25, 0.3) is 5.91 Å². The summed E-state index contributed by atoms with van der Waals surface area (Å²) >= 11 is 0. The Morgan fingerprint density at radius 2 is 1.92 bits per heavy atom. The monoisotopic (exact) mass is 334 g/mol. The molecule has 1 atom stereocenters. The molecule has 6 nitrogen and oxygen atoms in total. The molecular formula is C19H18N4O2. The summed E-state index contributed by atoms with van der Waals surface area (Å²) in [6.45, 7) is 0.501. The highest BCUT2D eigenvalue weighted by Crippen LogP contribution is 2.27. The topological polar surface area (TPSA) is 86.9 Å². The summed E-state index contributed by atoms with van der Waals surface area (Å²) in [6.07, 6.45) is 0.872. The molecule has 1 aliphatic rings. The number of hydrogen-bond acceptors (Lipinski definition) is 3. The van der Waals surface area contributed by atoms with E-state index < -0.39 is 0 Å². The Balaban J connectivity index is 1.32. The van der Waals surface area contributed by atoms with Crippen molar-refractivity contribution in [2.75, 3.05) is 6.54 Å². The summed E-state index contributed by atoms with van der Waals surface area (Å²) in [6, 6.07) is 15.0. The summed E-state index contributed by atoms with van der Waals surface area (Å²) in [7, 11) is 0. The minimum atomic E-state index is -0.255. The first-order valence-electron chi connectivity index (χ1n) is 8.31. The highest BCUT2D eigenvalue weighted by atomic mass is 16.2. The lowest BCUT2D eigenvalue weighted by Crippen LogP contribution is -2.30. The standard InChI is InChI=1S/C19H18N4O2/c24-18(11-16-12-5-1-2-6-13(12)19(25)23-16)20-10-9-17-21-14-7-3-4-8-15(14)22-17/h1-8,16H,9-11H2,(H,20,24)(H,21,22)(H,23,25). The van der Waals surface area contributed by atoms with Gasteiger partial charge in [-0.15, -0.1) is 0 Å². The third-order valence-electron chi connectivity index (χ3n) is 4.40. The molecule has 1 aromatic heterocycles. The van der Waals surface area contributed by atoms with Gasteiger partial charge < -0.3 is 15.6 Å². The maximum atomic E-state index is 12.2. The molecule has 2 heterocycles. The molecule has 0 fully saturated rings. The van der Waals surface area contributed by atoms with E-state index in [-0.39, 0.29) is 24.3 Å². The van der Waals surface area contributed by atoms with Crippen molar-refractivity contribution in [3.8, 4) is 0 Å². The molecule has 3 N–H and O–H groups in total. The smallest absolute Gasteiger partial charge is 0.252 e. The largest absolute Gasteiger partial charge is 0.356 e. The lowest BCUT2D eigenvalue weighted by Gasteiger charge is -2.11. The number of amides is 2. The zero-order valence-electron chi connectivity index (χ0n) is 13.6. The predicted molar refractivity (Wildman–Crippen MR) is 94.1 cm³/mol. The molecule has 3 aromatic rings. The molecule has 0 radical (unpaired) electrons. The molecular weight excluding hydrogens is 316 g/mol. The van der Waals surface area contributed by atoms with Crippen molar-refractivity contribution in [1.29, 1.82) is 0 Å². The average molecular weight is 334 g/mol. The van der Waals surface area contributed by atoms with E-state index in [0.717, 1.165) is 22.4 Å². The van der Waals surface area contributed by atoms with Crippen LogP contribution in [0.3, 0.4) is 0 Å². The van der Waals surface area contributed by atoms with Gasteiger partial charge in [0.15, 0.2) is 0 Å². The second-order valence-corrected chi connectivity index (χ2v) is 6.12. The fourth-order valence-corrected chi connectivity index (χ4v) is 3.18. The number of benzene rings is 2. The van der Waals surface area contributed by atoms with Crippen LogP contribution in [0, 0.1) is 0 Å². The van der Waals surface area contributed by atoms with Crippen molar-refractivity contribution in [2.45, 2.75) is 18.9 Å². The predicted octanol–water partition coefficient (Wildman–Crippen LogP) is 2.10. The van der Waals surface area contributed by atoms with E-state index in [9.17, 15) is 9.59 Å². The van der Waals surface area contributed by atoms with Crippen LogP contribution in [0.5, 0.6) is 0 Å². The number of hydrogen-bond donors (Lipinski definition) is 3. The maximum Gasteiger partial charge on any atom is 0.252 e. The summed E-state index contributed by atoms with van der Waals surface area (Å²) in [4.78, 5) is 31.8. The van der Waals surface area contributed by atoms with Gasteiger partial charge in [0, 0.05) is 18.5 Å². The normalized spacial score (nSPS) is 15.8. The van der Waals surface area contributed by atoms with Crippen molar-refractivity contribution >= 4 is 22.8 Å². The fourth-order valence-electron chi connectivity index (χ4n) is 3.18. The van der Waals surface area contributed by atoms with Crippen molar-refractivity contribution in [1.82, 2.24) is 20.6 Å². The number of carbonyl (C=O) groups excluding carboxylic acids is 2. The molecule has 1 unspecified atom stereocenters. The maximum absolute atomic E-state index is 12.2. The van der Waals surface area contributed by atoms with Crippen LogP contribution in [0.2, 0.25) is 0 Å². The van der Waals surface area contributed by atoms with Crippen molar-refractivity contribution in [2.24, 2.45) is 0 Å². The Morgan fingerprint density at radius 1 is 1.12 bits per heavy atom. The molecule has 0 aliphatic carbocycles. The first kappa shape index (κ1) is 15.4. The molecule has 25 heavy (non-hydrogen) atoms. The van der Waals surface area contributed by atoms with Crippen LogP contribution in [0.4, 0.5) is 0 Å². The lowest BCUT2D eigenvalue weighted by atomic mass is 10.0. The lowest BCUT2D eigenvalue weighted by molar-refractivity contribution is -0.121. The van der Waals surface area contributed by atoms with Crippen LogP contribution in [-0.4, -0.2) is 28.3 Å². The average Bonchev–Trinajstić information content (AvgIpc) is 3.16. The minimum absolute atomic E-state index is 0.0851. The number of imidazole rings is 1. The number of nitrogens with zero attached hydrogens (tertiary/aromatic N) is 1. The van der Waals surface area contributed by atoms with Gasteiger partial charge in [-0.3, -0.25) is 9.59 Å². The molecule has 1 aliphatic heterocycles. The molecule has 0 bridgehead atoms. The first-order chi connectivity index (χ1) is 12.2. The van der Waals surface area contributed by atoms with E-state index in [1.165, 1.54) is 0 Å². The second-order valence-electron chi connectivity index (χ2n) is 6.12. The number of rotatable bonds is 5. The molecule has 2 amide bonds.